The van der Waals surface area contributed by atoms with Crippen LogP contribution in [-0.4, -0.2) is 17.7 Å². The molecule has 4 nitrogen and oxygen atoms in total. The second-order valence-corrected chi connectivity index (χ2v) is 5.57. The second-order valence-electron chi connectivity index (χ2n) is 4.28. The quantitative estimate of drug-likeness (QED) is 0.835. The molecule has 0 radical (unpaired) electrons. The van der Waals surface area contributed by atoms with Crippen molar-refractivity contribution in [2.24, 2.45) is 5.41 Å². The predicted molar refractivity (Wildman–Crippen MR) is 70.5 cm³/mol. The smallest absolute Gasteiger partial charge is 0.312 e. The van der Waals surface area contributed by atoms with Crippen molar-refractivity contribution in [2.75, 3.05) is 12.3 Å². The van der Waals surface area contributed by atoms with Gasteiger partial charge >= 0.3 is 5.97 Å². The minimum atomic E-state index is -0.981. The van der Waals surface area contributed by atoms with Crippen LogP contribution >= 0.6 is 27.5 Å². The maximum Gasteiger partial charge on any atom is 0.312 e. The molecule has 0 aliphatic rings. The molecule has 0 amide bonds. The van der Waals surface area contributed by atoms with Crippen LogP contribution in [0.4, 0.5) is 5.69 Å². The number of nitrogen functional groups attached to an aromatic ring is 1. The Bertz CT molecular complexity index is 425. The van der Waals surface area contributed by atoms with Crippen LogP contribution in [0.5, 0.6) is 5.75 Å². The number of anilines is 1. The first-order valence-corrected chi connectivity index (χ1v) is 6.02. The SMILES string of the molecule is CC(C)(COc1c(N)cc(Cl)cc1Br)C(=O)O. The molecular formula is C11H13BrClNO3. The summed E-state index contributed by atoms with van der Waals surface area (Å²) in [5.41, 5.74) is 5.13. The van der Waals surface area contributed by atoms with Crippen molar-refractivity contribution >= 4 is 39.2 Å². The molecule has 0 saturated heterocycles. The van der Waals surface area contributed by atoms with Crippen LogP contribution < -0.4 is 10.5 Å². The summed E-state index contributed by atoms with van der Waals surface area (Å²) in [6, 6.07) is 3.19. The summed E-state index contributed by atoms with van der Waals surface area (Å²) in [4.78, 5) is 10.9. The van der Waals surface area contributed by atoms with Gasteiger partial charge in [-0.15, -0.1) is 0 Å². The normalized spacial score (nSPS) is 11.3. The van der Waals surface area contributed by atoms with Gasteiger partial charge in [-0.05, 0) is 41.9 Å². The Morgan fingerprint density at radius 1 is 1.59 bits per heavy atom. The number of benzene rings is 1. The van der Waals surface area contributed by atoms with E-state index < -0.39 is 11.4 Å². The molecule has 6 heteroatoms. The molecule has 0 saturated carbocycles. The Balaban J connectivity index is 2.87. The van der Waals surface area contributed by atoms with E-state index >= 15 is 0 Å². The minimum Gasteiger partial charge on any atom is -0.489 e. The van der Waals surface area contributed by atoms with E-state index in [2.05, 4.69) is 15.9 Å². The van der Waals surface area contributed by atoms with E-state index in [0.717, 1.165) is 0 Å². The average Bonchev–Trinajstić information content (AvgIpc) is 2.15. The van der Waals surface area contributed by atoms with Crippen molar-refractivity contribution < 1.29 is 14.6 Å². The fraction of sp³-hybridized carbons (Fsp3) is 0.364. The van der Waals surface area contributed by atoms with Gasteiger partial charge in [-0.3, -0.25) is 4.79 Å². The number of hydrogen-bond acceptors (Lipinski definition) is 3. The van der Waals surface area contributed by atoms with Gasteiger partial charge in [-0.25, -0.2) is 0 Å². The number of carboxylic acids is 1. The number of carboxylic acid groups (broad SMARTS) is 1. The first-order chi connectivity index (χ1) is 7.74. The molecule has 0 bridgehead atoms. The zero-order chi connectivity index (χ0) is 13.2. The number of hydrogen-bond donors (Lipinski definition) is 2. The highest BCUT2D eigenvalue weighted by Crippen LogP contribution is 2.35. The highest BCUT2D eigenvalue weighted by Gasteiger charge is 2.28. The molecule has 0 atom stereocenters. The standard InChI is InChI=1S/C11H13BrClNO3/c1-11(2,10(15)16)5-17-9-7(12)3-6(13)4-8(9)14/h3-4H,5,14H2,1-2H3,(H,15,16). The third-order valence-electron chi connectivity index (χ3n) is 2.19. The van der Waals surface area contributed by atoms with Crippen molar-refractivity contribution in [2.45, 2.75) is 13.8 Å². The molecule has 1 aromatic carbocycles. The first-order valence-electron chi connectivity index (χ1n) is 4.85. The number of carbonyl (C=O) groups is 1. The van der Waals surface area contributed by atoms with E-state index in [9.17, 15) is 4.79 Å². The molecule has 1 aromatic rings. The Labute approximate surface area is 113 Å². The number of rotatable bonds is 4. The summed E-state index contributed by atoms with van der Waals surface area (Å²) in [5, 5.41) is 9.44. The summed E-state index contributed by atoms with van der Waals surface area (Å²) in [6.45, 7) is 3.18. The maximum atomic E-state index is 10.9. The van der Waals surface area contributed by atoms with Gasteiger partial charge < -0.3 is 15.6 Å². The van der Waals surface area contributed by atoms with E-state index in [1.165, 1.54) is 0 Å². The van der Waals surface area contributed by atoms with Crippen LogP contribution in [0.3, 0.4) is 0 Å². The predicted octanol–water partition coefficient (Wildman–Crippen LogP) is 3.17. The van der Waals surface area contributed by atoms with Crippen LogP contribution in [0.1, 0.15) is 13.8 Å². The lowest BCUT2D eigenvalue weighted by Gasteiger charge is -2.20. The van der Waals surface area contributed by atoms with E-state index in [1.807, 2.05) is 0 Å². The van der Waals surface area contributed by atoms with Crippen molar-refractivity contribution in [3.8, 4) is 5.75 Å². The van der Waals surface area contributed by atoms with Crippen molar-refractivity contribution in [3.05, 3.63) is 21.6 Å². The summed E-state index contributed by atoms with van der Waals surface area (Å²) in [7, 11) is 0. The maximum absolute atomic E-state index is 10.9. The van der Waals surface area contributed by atoms with E-state index in [1.54, 1.807) is 26.0 Å². The molecule has 0 fully saturated rings. The molecule has 17 heavy (non-hydrogen) atoms. The Hall–Kier alpha value is -0.940. The third kappa shape index (κ3) is 3.51. The number of aliphatic carboxylic acids is 1. The molecule has 0 spiro atoms. The zero-order valence-corrected chi connectivity index (χ0v) is 11.8. The van der Waals surface area contributed by atoms with Crippen molar-refractivity contribution in [1.82, 2.24) is 0 Å². The van der Waals surface area contributed by atoms with Gasteiger partial charge in [0, 0.05) is 5.02 Å². The van der Waals surface area contributed by atoms with Gasteiger partial charge in [-0.2, -0.15) is 0 Å². The number of halogens is 2. The number of ether oxygens (including phenoxy) is 1. The number of nitrogens with two attached hydrogens (primary N) is 1. The lowest BCUT2D eigenvalue weighted by Crippen LogP contribution is -2.30. The Kier molecular flexibility index (Phi) is 4.27. The van der Waals surface area contributed by atoms with Gasteiger partial charge in [0.1, 0.15) is 6.61 Å². The van der Waals surface area contributed by atoms with Gasteiger partial charge in [0.05, 0.1) is 15.6 Å². The summed E-state index contributed by atoms with van der Waals surface area (Å²) >= 11 is 9.07. The lowest BCUT2D eigenvalue weighted by atomic mass is 9.95. The molecule has 0 heterocycles. The average molecular weight is 323 g/mol. The molecule has 0 aliphatic carbocycles. The van der Waals surface area contributed by atoms with Gasteiger partial charge in [-0.1, -0.05) is 11.6 Å². The largest absolute Gasteiger partial charge is 0.489 e. The molecule has 3 N–H and O–H groups in total. The Morgan fingerprint density at radius 3 is 2.65 bits per heavy atom. The molecule has 0 unspecified atom stereocenters. The molecule has 0 aromatic heterocycles. The molecule has 94 valence electrons. The fourth-order valence-electron chi connectivity index (χ4n) is 1.05. The molecular weight excluding hydrogens is 309 g/mol. The topological polar surface area (TPSA) is 72.5 Å². The zero-order valence-electron chi connectivity index (χ0n) is 9.46. The van der Waals surface area contributed by atoms with Gasteiger partial charge in [0.15, 0.2) is 5.75 Å². The van der Waals surface area contributed by atoms with Gasteiger partial charge in [0.2, 0.25) is 0 Å². The van der Waals surface area contributed by atoms with Crippen LogP contribution in [-0.2, 0) is 4.79 Å². The van der Waals surface area contributed by atoms with Gasteiger partial charge in [0.25, 0.3) is 0 Å². The summed E-state index contributed by atoms with van der Waals surface area (Å²) < 4.78 is 6.04. The van der Waals surface area contributed by atoms with Crippen molar-refractivity contribution in [1.29, 1.82) is 0 Å². The van der Waals surface area contributed by atoms with E-state index in [-0.39, 0.29) is 6.61 Å². The molecule has 1 rings (SSSR count). The highest BCUT2D eigenvalue weighted by molar-refractivity contribution is 9.10. The van der Waals surface area contributed by atoms with Crippen LogP contribution in [0.15, 0.2) is 16.6 Å². The van der Waals surface area contributed by atoms with Crippen molar-refractivity contribution in [3.63, 3.8) is 0 Å². The van der Waals surface area contributed by atoms with Crippen LogP contribution in [0, 0.1) is 5.41 Å². The van der Waals surface area contributed by atoms with Crippen LogP contribution in [0.2, 0.25) is 5.02 Å². The lowest BCUT2D eigenvalue weighted by molar-refractivity contribution is -0.148. The minimum absolute atomic E-state index is 0.0206. The fourth-order valence-corrected chi connectivity index (χ4v) is 2.00. The van der Waals surface area contributed by atoms with E-state index in [0.29, 0.717) is 20.9 Å². The Morgan fingerprint density at radius 2 is 2.18 bits per heavy atom. The molecule has 0 aliphatic heterocycles. The second kappa shape index (κ2) is 5.14. The highest BCUT2D eigenvalue weighted by atomic mass is 79.9. The van der Waals surface area contributed by atoms with Crippen LogP contribution in [0.25, 0.3) is 0 Å². The third-order valence-corrected chi connectivity index (χ3v) is 3.00. The summed E-state index contributed by atoms with van der Waals surface area (Å²) in [6.07, 6.45) is 0. The monoisotopic (exact) mass is 321 g/mol. The first kappa shape index (κ1) is 14.1. The van der Waals surface area contributed by atoms with E-state index in [4.69, 9.17) is 27.2 Å². The summed E-state index contributed by atoms with van der Waals surface area (Å²) in [5.74, 6) is -0.523.